The molecule has 0 aliphatic rings. The lowest BCUT2D eigenvalue weighted by Gasteiger charge is -2.05. The van der Waals surface area contributed by atoms with Crippen LogP contribution in [0.2, 0.25) is 0 Å². The Morgan fingerprint density at radius 1 is 1.12 bits per heavy atom. The minimum absolute atomic E-state index is 0.830. The van der Waals surface area contributed by atoms with E-state index < -0.39 is 0 Å². The molecule has 0 heterocycles. The summed E-state index contributed by atoms with van der Waals surface area (Å²) in [4.78, 5) is 0. The number of hydrogen-bond acceptors (Lipinski definition) is 0. The zero-order chi connectivity index (χ0) is 12.2. The predicted molar refractivity (Wildman–Crippen MR) is 74.7 cm³/mol. The number of rotatable bonds is 9. The van der Waals surface area contributed by atoms with Crippen LogP contribution in [0.25, 0.3) is 0 Å². The first-order valence-corrected chi connectivity index (χ1v) is 7.11. The minimum Gasteiger partial charge on any atom is -0.126 e. The van der Waals surface area contributed by atoms with E-state index in [-0.39, 0.29) is 0 Å². The van der Waals surface area contributed by atoms with E-state index in [2.05, 4.69) is 39.5 Å². The maximum absolute atomic E-state index is 3.44. The van der Waals surface area contributed by atoms with Crippen molar-refractivity contribution in [3.8, 4) is 0 Å². The van der Waals surface area contributed by atoms with Crippen LogP contribution in [0.4, 0.5) is 0 Å². The summed E-state index contributed by atoms with van der Waals surface area (Å²) in [5.41, 5.74) is 4.87. The first-order valence-electron chi connectivity index (χ1n) is 7.11. The third-order valence-electron chi connectivity index (χ3n) is 3.07. The molecule has 0 N–H and O–H groups in total. The van der Waals surface area contributed by atoms with Gasteiger partial charge in [-0.25, -0.2) is 0 Å². The highest BCUT2D eigenvalue weighted by Crippen LogP contribution is 2.12. The van der Waals surface area contributed by atoms with Crippen molar-refractivity contribution in [1.82, 2.24) is 0 Å². The second-order valence-electron chi connectivity index (χ2n) is 5.07. The Hall–Kier alpha value is -0.480. The predicted octanol–water partition coefficient (Wildman–Crippen LogP) is 5.88. The summed E-state index contributed by atoms with van der Waals surface area (Å²) in [6, 6.07) is 0. The largest absolute Gasteiger partial charge is 0.126 e. The Balaban J connectivity index is 3.73. The van der Waals surface area contributed by atoms with Crippen LogP contribution in [0.3, 0.4) is 0 Å². The normalized spacial score (nSPS) is 12.0. The molecule has 0 spiro atoms. The summed E-state index contributed by atoms with van der Waals surface area (Å²) in [6.45, 7) is 9.08. The Morgan fingerprint density at radius 2 is 1.81 bits per heavy atom. The summed E-state index contributed by atoms with van der Waals surface area (Å²) in [5, 5.41) is 0. The third-order valence-corrected chi connectivity index (χ3v) is 3.07. The molecule has 0 aliphatic carbocycles. The number of allylic oxidation sites excluding steroid dienone is 1. The van der Waals surface area contributed by atoms with Crippen LogP contribution >= 0.6 is 0 Å². The van der Waals surface area contributed by atoms with Gasteiger partial charge in [-0.3, -0.25) is 0 Å². The molecule has 0 fully saturated rings. The molecule has 0 aliphatic heterocycles. The monoisotopic (exact) mass is 222 g/mol. The quantitative estimate of drug-likeness (QED) is 0.337. The Labute approximate surface area is 103 Å². The lowest BCUT2D eigenvalue weighted by Crippen LogP contribution is -1.91. The van der Waals surface area contributed by atoms with E-state index in [0.29, 0.717) is 0 Å². The van der Waals surface area contributed by atoms with Gasteiger partial charge in [-0.15, -0.1) is 5.73 Å². The van der Waals surface area contributed by atoms with Crippen LogP contribution in [0.1, 0.15) is 79.1 Å². The SMILES string of the molecule is CCCCCC(C)=C=CCC(C)CCCC. The topological polar surface area (TPSA) is 0 Å². The lowest BCUT2D eigenvalue weighted by atomic mass is 10.0. The van der Waals surface area contributed by atoms with Gasteiger partial charge in [0.15, 0.2) is 0 Å². The van der Waals surface area contributed by atoms with E-state index in [0.717, 1.165) is 5.92 Å². The molecule has 0 amide bonds. The molecule has 0 aromatic rings. The minimum atomic E-state index is 0.830. The molecule has 0 aromatic carbocycles. The van der Waals surface area contributed by atoms with Crippen molar-refractivity contribution in [3.05, 3.63) is 17.4 Å². The van der Waals surface area contributed by atoms with E-state index in [4.69, 9.17) is 0 Å². The standard InChI is InChI=1S/C16H30/c1-5-7-9-12-16(4)14-10-13-15(3)11-8-6-2/h10,15H,5-9,11-13H2,1-4H3. The Morgan fingerprint density at radius 3 is 2.44 bits per heavy atom. The molecular weight excluding hydrogens is 192 g/mol. The molecule has 1 atom stereocenters. The van der Waals surface area contributed by atoms with Crippen molar-refractivity contribution in [1.29, 1.82) is 0 Å². The van der Waals surface area contributed by atoms with E-state index in [1.54, 1.807) is 0 Å². The van der Waals surface area contributed by atoms with Gasteiger partial charge >= 0.3 is 0 Å². The first kappa shape index (κ1) is 15.5. The van der Waals surface area contributed by atoms with Gasteiger partial charge in [0.2, 0.25) is 0 Å². The van der Waals surface area contributed by atoms with E-state index in [1.165, 1.54) is 56.9 Å². The van der Waals surface area contributed by atoms with Crippen LogP contribution in [0.15, 0.2) is 17.4 Å². The second-order valence-corrected chi connectivity index (χ2v) is 5.07. The molecule has 0 nitrogen and oxygen atoms in total. The molecule has 0 saturated carbocycles. The molecule has 1 unspecified atom stereocenters. The third kappa shape index (κ3) is 10.1. The Kier molecular flexibility index (Phi) is 10.7. The average molecular weight is 222 g/mol. The van der Waals surface area contributed by atoms with Crippen LogP contribution in [-0.4, -0.2) is 0 Å². The molecule has 0 rings (SSSR count). The number of hydrogen-bond donors (Lipinski definition) is 0. The maximum Gasteiger partial charge on any atom is -0.0247 e. The lowest BCUT2D eigenvalue weighted by molar-refractivity contribution is 0.512. The van der Waals surface area contributed by atoms with Crippen molar-refractivity contribution in [2.75, 3.05) is 0 Å². The van der Waals surface area contributed by atoms with Gasteiger partial charge < -0.3 is 0 Å². The molecule has 16 heavy (non-hydrogen) atoms. The molecule has 94 valence electrons. The van der Waals surface area contributed by atoms with Gasteiger partial charge in [-0.2, -0.15) is 0 Å². The fourth-order valence-corrected chi connectivity index (χ4v) is 1.82. The molecule has 0 radical (unpaired) electrons. The summed E-state index contributed by atoms with van der Waals surface area (Å²) in [6.07, 6.45) is 12.7. The fourth-order valence-electron chi connectivity index (χ4n) is 1.82. The van der Waals surface area contributed by atoms with Gasteiger partial charge in [-0.05, 0) is 43.8 Å². The van der Waals surface area contributed by atoms with Crippen molar-refractivity contribution in [2.45, 2.75) is 79.1 Å². The smallest absolute Gasteiger partial charge is 0.0247 e. The maximum atomic E-state index is 3.44. The molecule has 0 heteroatoms. The summed E-state index contributed by atoms with van der Waals surface area (Å²) < 4.78 is 0. The van der Waals surface area contributed by atoms with Gasteiger partial charge in [-0.1, -0.05) is 52.9 Å². The van der Waals surface area contributed by atoms with Gasteiger partial charge in [0.25, 0.3) is 0 Å². The van der Waals surface area contributed by atoms with E-state index in [1.807, 2.05) is 0 Å². The zero-order valence-electron chi connectivity index (χ0n) is 11.8. The van der Waals surface area contributed by atoms with Gasteiger partial charge in [0.05, 0.1) is 0 Å². The highest BCUT2D eigenvalue weighted by Gasteiger charge is 1.97. The molecule has 0 bridgehead atoms. The summed E-state index contributed by atoms with van der Waals surface area (Å²) >= 11 is 0. The molecular formula is C16H30. The van der Waals surface area contributed by atoms with Crippen LogP contribution < -0.4 is 0 Å². The number of unbranched alkanes of at least 4 members (excludes halogenated alkanes) is 3. The highest BCUT2D eigenvalue weighted by molar-refractivity contribution is 4.98. The van der Waals surface area contributed by atoms with Gasteiger partial charge in [0, 0.05) is 0 Å². The van der Waals surface area contributed by atoms with Crippen LogP contribution in [0, 0.1) is 5.92 Å². The van der Waals surface area contributed by atoms with Crippen LogP contribution in [-0.2, 0) is 0 Å². The molecule has 0 saturated heterocycles. The summed E-state index contributed by atoms with van der Waals surface area (Å²) in [7, 11) is 0. The van der Waals surface area contributed by atoms with Crippen molar-refractivity contribution < 1.29 is 0 Å². The molecule has 0 aromatic heterocycles. The second kappa shape index (κ2) is 11.0. The first-order chi connectivity index (χ1) is 7.70. The van der Waals surface area contributed by atoms with Crippen LogP contribution in [0.5, 0.6) is 0 Å². The fraction of sp³-hybridized carbons (Fsp3) is 0.812. The van der Waals surface area contributed by atoms with Crippen molar-refractivity contribution in [2.24, 2.45) is 5.92 Å². The van der Waals surface area contributed by atoms with Crippen molar-refractivity contribution >= 4 is 0 Å². The van der Waals surface area contributed by atoms with E-state index in [9.17, 15) is 0 Å². The van der Waals surface area contributed by atoms with Crippen molar-refractivity contribution in [3.63, 3.8) is 0 Å². The van der Waals surface area contributed by atoms with E-state index >= 15 is 0 Å². The average Bonchev–Trinajstić information content (AvgIpc) is 2.26. The summed E-state index contributed by atoms with van der Waals surface area (Å²) in [5.74, 6) is 0.830. The highest BCUT2D eigenvalue weighted by atomic mass is 14.0. The zero-order valence-corrected chi connectivity index (χ0v) is 11.8. The van der Waals surface area contributed by atoms with Gasteiger partial charge in [0.1, 0.15) is 0 Å². The Bertz CT molecular complexity index is 206.